The molecule has 0 saturated carbocycles. The molecule has 1 aliphatic heterocycles. The smallest absolute Gasteiger partial charge is 0.412 e. The van der Waals surface area contributed by atoms with E-state index < -0.39 is 36.3 Å². The molecule has 24 heavy (non-hydrogen) atoms. The molecule has 1 heterocycles. The van der Waals surface area contributed by atoms with Gasteiger partial charge in [0.25, 0.3) is 0 Å². The Morgan fingerprint density at radius 1 is 1.25 bits per heavy atom. The van der Waals surface area contributed by atoms with Crippen LogP contribution in [0.15, 0.2) is 24.3 Å². The fourth-order valence-electron chi connectivity index (χ4n) is 2.40. The minimum atomic E-state index is -4.71. The summed E-state index contributed by atoms with van der Waals surface area (Å²) < 4.78 is 49.6. The highest BCUT2D eigenvalue weighted by molar-refractivity contribution is 5.83. The number of hydrogen-bond acceptors (Lipinski definition) is 4. The number of carboxylic acids is 1. The third kappa shape index (κ3) is 4.16. The van der Waals surface area contributed by atoms with Gasteiger partial charge in [0.05, 0.1) is 7.11 Å². The number of carboxylic acid groups (broad SMARTS) is 1. The molecule has 3 atom stereocenters. The van der Waals surface area contributed by atoms with Gasteiger partial charge in [0.15, 0.2) is 12.1 Å². The van der Waals surface area contributed by atoms with E-state index in [0.717, 1.165) is 0 Å². The lowest BCUT2D eigenvalue weighted by Gasteiger charge is -2.23. The van der Waals surface area contributed by atoms with Gasteiger partial charge >= 0.3 is 12.1 Å². The Labute approximate surface area is 135 Å². The molecule has 0 radical (unpaired) electrons. The van der Waals surface area contributed by atoms with Crippen LogP contribution in [0, 0.1) is 0 Å². The maximum Gasteiger partial charge on any atom is 0.412 e. The van der Waals surface area contributed by atoms with Crippen LogP contribution in [0.2, 0.25) is 0 Å². The lowest BCUT2D eigenvalue weighted by atomic mass is 10.1. The van der Waals surface area contributed by atoms with E-state index in [2.05, 4.69) is 0 Å². The molecule has 9 heteroatoms. The van der Waals surface area contributed by atoms with Crippen molar-refractivity contribution in [1.82, 2.24) is 5.32 Å². The zero-order valence-electron chi connectivity index (χ0n) is 12.7. The second-order valence-electron chi connectivity index (χ2n) is 5.29. The van der Waals surface area contributed by atoms with Crippen LogP contribution in [-0.2, 0) is 14.3 Å². The molecule has 1 aromatic carbocycles. The maximum atomic E-state index is 13.3. The molecule has 2 N–H and O–H groups in total. The van der Waals surface area contributed by atoms with Gasteiger partial charge in [0.2, 0.25) is 5.91 Å². The van der Waals surface area contributed by atoms with E-state index in [1.54, 1.807) is 0 Å². The van der Waals surface area contributed by atoms with Crippen LogP contribution < -0.4 is 10.1 Å². The van der Waals surface area contributed by atoms with E-state index in [-0.39, 0.29) is 18.4 Å². The highest BCUT2D eigenvalue weighted by atomic mass is 19.4. The molecule has 0 aromatic heterocycles. The average molecular weight is 347 g/mol. The van der Waals surface area contributed by atoms with Gasteiger partial charge in [-0.1, -0.05) is 12.1 Å². The van der Waals surface area contributed by atoms with Gasteiger partial charge in [-0.25, -0.2) is 4.79 Å². The Morgan fingerprint density at radius 3 is 2.29 bits per heavy atom. The van der Waals surface area contributed by atoms with Gasteiger partial charge in [0.1, 0.15) is 11.9 Å². The van der Waals surface area contributed by atoms with Crippen LogP contribution in [0.4, 0.5) is 13.2 Å². The lowest BCUT2D eigenvalue weighted by molar-refractivity contribution is -0.168. The molecule has 0 aliphatic carbocycles. The predicted octanol–water partition coefficient (Wildman–Crippen LogP) is 2.05. The monoisotopic (exact) mass is 347 g/mol. The summed E-state index contributed by atoms with van der Waals surface area (Å²) in [6.07, 6.45) is -6.97. The van der Waals surface area contributed by atoms with E-state index in [0.29, 0.717) is 5.75 Å². The SMILES string of the molecule is COc1ccc(C(NC(=O)[C@@H]2CC[C@H](C(=O)O)O2)C(F)(F)F)cc1. The molecule has 1 aliphatic rings. The fraction of sp³-hybridized carbons (Fsp3) is 0.467. The molecule has 1 amide bonds. The molecule has 132 valence electrons. The number of alkyl halides is 3. The van der Waals surface area contributed by atoms with Crippen molar-refractivity contribution in [3.8, 4) is 5.75 Å². The summed E-state index contributed by atoms with van der Waals surface area (Å²) in [4.78, 5) is 22.8. The van der Waals surface area contributed by atoms with Crippen LogP contribution in [0.1, 0.15) is 24.4 Å². The zero-order chi connectivity index (χ0) is 17.9. The van der Waals surface area contributed by atoms with Crippen molar-refractivity contribution in [2.75, 3.05) is 7.11 Å². The molecule has 0 bridgehead atoms. The summed E-state index contributed by atoms with van der Waals surface area (Å²) in [6.45, 7) is 0. The van der Waals surface area contributed by atoms with Gasteiger partial charge in [-0.2, -0.15) is 13.2 Å². The van der Waals surface area contributed by atoms with Gasteiger partial charge in [-0.15, -0.1) is 0 Å². The van der Waals surface area contributed by atoms with Crippen LogP contribution in [0.3, 0.4) is 0 Å². The number of amides is 1. The highest BCUT2D eigenvalue weighted by Gasteiger charge is 2.44. The first-order valence-electron chi connectivity index (χ1n) is 7.11. The fourth-order valence-corrected chi connectivity index (χ4v) is 2.40. The molecule has 6 nitrogen and oxygen atoms in total. The van der Waals surface area contributed by atoms with Crippen molar-refractivity contribution in [1.29, 1.82) is 0 Å². The number of carbonyl (C=O) groups excluding carboxylic acids is 1. The number of hydrogen-bond donors (Lipinski definition) is 2. The molecule has 1 saturated heterocycles. The molecular formula is C15H16F3NO5. The topological polar surface area (TPSA) is 84.9 Å². The summed E-state index contributed by atoms with van der Waals surface area (Å²) in [7, 11) is 1.38. The summed E-state index contributed by atoms with van der Waals surface area (Å²) in [5, 5.41) is 10.7. The Morgan fingerprint density at radius 2 is 1.83 bits per heavy atom. The number of rotatable bonds is 5. The Hall–Kier alpha value is -2.29. The van der Waals surface area contributed by atoms with Crippen LogP contribution >= 0.6 is 0 Å². The second kappa shape index (κ2) is 7.08. The standard InChI is InChI=1S/C15H16F3NO5/c1-23-9-4-2-8(3-5-9)12(15(16,17)18)19-13(20)10-6-7-11(24-10)14(21)22/h2-5,10-12H,6-7H2,1H3,(H,19,20)(H,21,22)/t10-,11+,12?/m0/s1. The minimum absolute atomic E-state index is 0.0516. The Kier molecular flexibility index (Phi) is 5.33. The predicted molar refractivity (Wildman–Crippen MR) is 75.5 cm³/mol. The average Bonchev–Trinajstić information content (AvgIpc) is 3.02. The van der Waals surface area contributed by atoms with Crippen molar-refractivity contribution in [2.45, 2.75) is 37.3 Å². The van der Waals surface area contributed by atoms with Gasteiger partial charge in [-0.05, 0) is 30.5 Å². The third-order valence-corrected chi connectivity index (χ3v) is 3.65. The number of ether oxygens (including phenoxy) is 2. The van der Waals surface area contributed by atoms with Gasteiger partial charge in [0, 0.05) is 0 Å². The molecule has 1 aromatic rings. The Bertz CT molecular complexity index is 602. The first kappa shape index (κ1) is 18.1. The number of methoxy groups -OCH3 is 1. The molecular weight excluding hydrogens is 331 g/mol. The highest BCUT2D eigenvalue weighted by Crippen LogP contribution is 2.34. The molecule has 2 rings (SSSR count). The number of aliphatic carboxylic acids is 1. The second-order valence-corrected chi connectivity index (χ2v) is 5.29. The normalized spacial score (nSPS) is 22.0. The van der Waals surface area contributed by atoms with Gasteiger partial charge in [-0.3, -0.25) is 4.79 Å². The minimum Gasteiger partial charge on any atom is -0.497 e. The first-order valence-corrected chi connectivity index (χ1v) is 7.11. The van der Waals surface area contributed by atoms with Crippen molar-refractivity contribution in [2.24, 2.45) is 0 Å². The van der Waals surface area contributed by atoms with E-state index in [1.165, 1.54) is 31.4 Å². The number of carbonyl (C=O) groups is 2. The van der Waals surface area contributed by atoms with Crippen LogP contribution in [-0.4, -0.2) is 42.5 Å². The van der Waals surface area contributed by atoms with Gasteiger partial charge < -0.3 is 19.9 Å². The number of halogens is 3. The third-order valence-electron chi connectivity index (χ3n) is 3.65. The number of benzene rings is 1. The first-order chi connectivity index (χ1) is 11.2. The van der Waals surface area contributed by atoms with Crippen molar-refractivity contribution in [3.05, 3.63) is 29.8 Å². The van der Waals surface area contributed by atoms with Crippen molar-refractivity contribution >= 4 is 11.9 Å². The van der Waals surface area contributed by atoms with Crippen molar-refractivity contribution < 1.29 is 37.3 Å². The van der Waals surface area contributed by atoms with Crippen LogP contribution in [0.25, 0.3) is 0 Å². The summed E-state index contributed by atoms with van der Waals surface area (Å²) in [6, 6.07) is 2.89. The van der Waals surface area contributed by atoms with Crippen LogP contribution in [0.5, 0.6) is 5.75 Å². The van der Waals surface area contributed by atoms with Crippen molar-refractivity contribution in [3.63, 3.8) is 0 Å². The summed E-state index contributed by atoms with van der Waals surface area (Å²) >= 11 is 0. The van der Waals surface area contributed by atoms with E-state index in [4.69, 9.17) is 14.6 Å². The molecule has 1 fully saturated rings. The summed E-state index contributed by atoms with van der Waals surface area (Å²) in [5.74, 6) is -1.85. The number of nitrogens with one attached hydrogen (secondary N) is 1. The lowest BCUT2D eigenvalue weighted by Crippen LogP contribution is -2.43. The zero-order valence-corrected chi connectivity index (χ0v) is 12.7. The summed E-state index contributed by atoms with van der Waals surface area (Å²) in [5.41, 5.74) is -0.163. The largest absolute Gasteiger partial charge is 0.497 e. The van der Waals surface area contributed by atoms with E-state index in [9.17, 15) is 22.8 Å². The van der Waals surface area contributed by atoms with E-state index >= 15 is 0 Å². The Balaban J connectivity index is 2.11. The molecule has 0 spiro atoms. The van der Waals surface area contributed by atoms with E-state index in [1.807, 2.05) is 5.32 Å². The molecule has 1 unspecified atom stereocenters. The quantitative estimate of drug-likeness (QED) is 0.852. The maximum absolute atomic E-state index is 13.3.